The van der Waals surface area contributed by atoms with Crippen LogP contribution in [-0.2, 0) is 9.59 Å². The topological polar surface area (TPSA) is 94.8 Å². The highest BCUT2D eigenvalue weighted by atomic mass is 16.3. The third-order valence-corrected chi connectivity index (χ3v) is 7.46. The summed E-state index contributed by atoms with van der Waals surface area (Å²) in [6, 6.07) is 0. The van der Waals surface area contributed by atoms with Crippen molar-refractivity contribution in [3.63, 3.8) is 0 Å². The lowest BCUT2D eigenvalue weighted by Gasteiger charge is -2.29. The molecular formula is C30H58O5. The number of aliphatic hydroxyl groups is 3. The fraction of sp³-hybridized carbons (Fsp3) is 0.933. The van der Waals surface area contributed by atoms with Gasteiger partial charge in [0.05, 0.1) is 5.92 Å². The summed E-state index contributed by atoms with van der Waals surface area (Å²) < 4.78 is 0. The maximum absolute atomic E-state index is 13.1. The number of rotatable bonds is 27. The Kier molecular flexibility index (Phi) is 24.3. The van der Waals surface area contributed by atoms with Crippen LogP contribution in [0.25, 0.3) is 0 Å². The summed E-state index contributed by atoms with van der Waals surface area (Å²) in [4.78, 5) is 26.2. The zero-order valence-corrected chi connectivity index (χ0v) is 23.2. The highest BCUT2D eigenvalue weighted by Gasteiger charge is 2.37. The standard InChI is InChI=1S/C30H58O5/c1-3-5-7-9-11-13-15-17-19-21-28(34)30(27(25-33)26(23-31)24-32)29(35)22-20-18-16-14-12-10-8-6-4-2/h26-27,30-33H,3-25H2,1-2H3. The van der Waals surface area contributed by atoms with Gasteiger partial charge in [-0.1, -0.05) is 117 Å². The van der Waals surface area contributed by atoms with Crippen molar-refractivity contribution >= 4 is 11.6 Å². The number of ketones is 2. The minimum absolute atomic E-state index is 0.125. The number of hydrogen-bond acceptors (Lipinski definition) is 5. The summed E-state index contributed by atoms with van der Waals surface area (Å²) in [5, 5.41) is 29.3. The average molecular weight is 499 g/mol. The van der Waals surface area contributed by atoms with Crippen LogP contribution < -0.4 is 0 Å². The van der Waals surface area contributed by atoms with E-state index in [1.54, 1.807) is 0 Å². The first-order valence-electron chi connectivity index (χ1n) is 14.9. The molecule has 0 amide bonds. The van der Waals surface area contributed by atoms with Crippen LogP contribution in [0.1, 0.15) is 142 Å². The van der Waals surface area contributed by atoms with Gasteiger partial charge in [-0.15, -0.1) is 0 Å². The fourth-order valence-corrected chi connectivity index (χ4v) is 5.04. The van der Waals surface area contributed by atoms with Gasteiger partial charge >= 0.3 is 0 Å². The second-order valence-electron chi connectivity index (χ2n) is 10.5. The van der Waals surface area contributed by atoms with E-state index in [1.807, 2.05) is 0 Å². The van der Waals surface area contributed by atoms with Crippen LogP contribution in [0, 0.1) is 17.8 Å². The Bertz CT molecular complexity index is 455. The molecule has 0 heterocycles. The zero-order chi connectivity index (χ0) is 26.2. The Morgan fingerprint density at radius 2 is 0.800 bits per heavy atom. The van der Waals surface area contributed by atoms with Crippen molar-refractivity contribution in [3.8, 4) is 0 Å². The van der Waals surface area contributed by atoms with Gasteiger partial charge in [0.15, 0.2) is 0 Å². The quantitative estimate of drug-likeness (QED) is 0.0856. The molecule has 0 radical (unpaired) electrons. The number of carbonyl (C=O) groups excluding carboxylic acids is 2. The molecule has 0 aliphatic carbocycles. The Labute approximate surface area is 216 Å². The van der Waals surface area contributed by atoms with Gasteiger partial charge in [-0.2, -0.15) is 0 Å². The van der Waals surface area contributed by atoms with E-state index in [0.29, 0.717) is 12.8 Å². The number of aliphatic hydroxyl groups excluding tert-OH is 3. The van der Waals surface area contributed by atoms with Crippen molar-refractivity contribution in [1.29, 1.82) is 0 Å². The van der Waals surface area contributed by atoms with Gasteiger partial charge in [-0.25, -0.2) is 0 Å². The van der Waals surface area contributed by atoms with Gasteiger partial charge < -0.3 is 15.3 Å². The minimum Gasteiger partial charge on any atom is -0.396 e. The Balaban J connectivity index is 4.56. The van der Waals surface area contributed by atoms with Crippen LogP contribution in [0.2, 0.25) is 0 Å². The van der Waals surface area contributed by atoms with Crippen molar-refractivity contribution in [3.05, 3.63) is 0 Å². The number of Topliss-reactive ketones (excluding diaryl/α,β-unsaturated/α-hetero) is 2. The van der Waals surface area contributed by atoms with Gasteiger partial charge in [-0.3, -0.25) is 9.59 Å². The van der Waals surface area contributed by atoms with Gasteiger partial charge in [0.2, 0.25) is 0 Å². The normalized spacial score (nSPS) is 12.5. The van der Waals surface area contributed by atoms with E-state index in [2.05, 4.69) is 13.8 Å². The summed E-state index contributed by atoms with van der Waals surface area (Å²) >= 11 is 0. The van der Waals surface area contributed by atoms with Crippen molar-refractivity contribution in [2.45, 2.75) is 142 Å². The SMILES string of the molecule is CCCCCCCCCCCC(=O)C(C(=O)CCCCCCCCCCC)C(CO)C(CO)CO. The van der Waals surface area contributed by atoms with Crippen molar-refractivity contribution in [2.75, 3.05) is 19.8 Å². The lowest BCUT2D eigenvalue weighted by Crippen LogP contribution is -2.40. The molecule has 0 rings (SSSR count). The van der Waals surface area contributed by atoms with E-state index in [-0.39, 0.29) is 31.4 Å². The average Bonchev–Trinajstić information content (AvgIpc) is 2.86. The molecule has 208 valence electrons. The number of carbonyl (C=O) groups is 2. The molecule has 0 aliphatic heterocycles. The first-order valence-corrected chi connectivity index (χ1v) is 14.9. The first kappa shape index (κ1) is 34.2. The van der Waals surface area contributed by atoms with E-state index in [0.717, 1.165) is 38.5 Å². The highest BCUT2D eigenvalue weighted by molar-refractivity contribution is 6.02. The van der Waals surface area contributed by atoms with E-state index in [9.17, 15) is 24.9 Å². The lowest BCUT2D eigenvalue weighted by molar-refractivity contribution is -0.138. The van der Waals surface area contributed by atoms with E-state index < -0.39 is 17.8 Å². The molecule has 0 saturated carbocycles. The molecule has 5 heteroatoms. The van der Waals surface area contributed by atoms with E-state index in [4.69, 9.17) is 0 Å². The maximum atomic E-state index is 13.1. The fourth-order valence-electron chi connectivity index (χ4n) is 5.04. The Morgan fingerprint density at radius 1 is 0.486 bits per heavy atom. The third kappa shape index (κ3) is 17.3. The molecule has 5 nitrogen and oxygen atoms in total. The first-order chi connectivity index (χ1) is 17.1. The second-order valence-corrected chi connectivity index (χ2v) is 10.5. The molecule has 0 aromatic carbocycles. The van der Waals surface area contributed by atoms with Gasteiger partial charge in [0.1, 0.15) is 11.6 Å². The molecule has 0 aromatic rings. The van der Waals surface area contributed by atoms with Crippen LogP contribution in [0.3, 0.4) is 0 Å². The molecule has 3 N–H and O–H groups in total. The number of hydrogen-bond donors (Lipinski definition) is 3. The van der Waals surface area contributed by atoms with Crippen LogP contribution in [-0.4, -0.2) is 46.7 Å². The van der Waals surface area contributed by atoms with Crippen LogP contribution >= 0.6 is 0 Å². The van der Waals surface area contributed by atoms with Crippen LogP contribution in [0.4, 0.5) is 0 Å². The predicted molar refractivity (Wildman–Crippen MR) is 145 cm³/mol. The monoisotopic (exact) mass is 498 g/mol. The van der Waals surface area contributed by atoms with Gasteiger partial charge in [0.25, 0.3) is 0 Å². The van der Waals surface area contributed by atoms with Crippen molar-refractivity contribution in [1.82, 2.24) is 0 Å². The molecule has 0 fully saturated rings. The third-order valence-electron chi connectivity index (χ3n) is 7.46. The smallest absolute Gasteiger partial charge is 0.143 e. The van der Waals surface area contributed by atoms with E-state index in [1.165, 1.54) is 77.0 Å². The molecule has 0 saturated heterocycles. The summed E-state index contributed by atoms with van der Waals surface area (Å²) in [5.41, 5.74) is 0. The largest absolute Gasteiger partial charge is 0.396 e. The van der Waals surface area contributed by atoms with Crippen molar-refractivity contribution in [2.24, 2.45) is 17.8 Å². The Hall–Kier alpha value is -0.780. The number of unbranched alkanes of at least 4 members (excludes halogenated alkanes) is 16. The maximum Gasteiger partial charge on any atom is 0.143 e. The molecular weight excluding hydrogens is 440 g/mol. The summed E-state index contributed by atoms with van der Waals surface area (Å²) in [7, 11) is 0. The minimum atomic E-state index is -0.910. The van der Waals surface area contributed by atoms with Gasteiger partial charge in [-0.05, 0) is 12.8 Å². The molecule has 0 spiro atoms. The molecule has 35 heavy (non-hydrogen) atoms. The zero-order valence-electron chi connectivity index (χ0n) is 23.2. The molecule has 0 bridgehead atoms. The second kappa shape index (κ2) is 24.9. The van der Waals surface area contributed by atoms with E-state index >= 15 is 0 Å². The molecule has 0 aromatic heterocycles. The summed E-state index contributed by atoms with van der Waals surface area (Å²) in [6.07, 6.45) is 21.5. The van der Waals surface area contributed by atoms with Crippen LogP contribution in [0.5, 0.6) is 0 Å². The van der Waals surface area contributed by atoms with Crippen LogP contribution in [0.15, 0.2) is 0 Å². The lowest BCUT2D eigenvalue weighted by atomic mass is 9.75. The van der Waals surface area contributed by atoms with Crippen molar-refractivity contribution < 1.29 is 24.9 Å². The molecule has 1 unspecified atom stereocenters. The predicted octanol–water partition coefficient (Wildman–Crippen LogP) is 6.79. The molecule has 0 aliphatic rings. The molecule has 1 atom stereocenters. The summed E-state index contributed by atoms with van der Waals surface area (Å²) in [6.45, 7) is 3.39. The van der Waals surface area contributed by atoms with Gasteiger partial charge in [0, 0.05) is 44.5 Å². The Morgan fingerprint density at radius 3 is 1.09 bits per heavy atom. The highest BCUT2D eigenvalue weighted by Crippen LogP contribution is 2.27. The summed E-state index contributed by atoms with van der Waals surface area (Å²) in [5.74, 6) is -2.52.